The normalized spacial score (nSPS) is 10.7. The Morgan fingerprint density at radius 2 is 1.61 bits per heavy atom. The molecule has 0 atom stereocenters. The SMILES string of the molecule is N#C/C(=C/NCc1ccc(Cl)cc1)C(=O)Nc1ccc(Cl)cc1. The van der Waals surface area contributed by atoms with Gasteiger partial charge in [0, 0.05) is 28.5 Å². The lowest BCUT2D eigenvalue weighted by Gasteiger charge is -2.05. The number of carbonyl (C=O) groups excluding carboxylic acids is 1. The maximum Gasteiger partial charge on any atom is 0.267 e. The number of benzene rings is 2. The number of halogens is 2. The molecule has 0 aromatic heterocycles. The molecule has 0 heterocycles. The van der Waals surface area contributed by atoms with Gasteiger partial charge in [0.25, 0.3) is 5.91 Å². The maximum absolute atomic E-state index is 12.0. The number of nitrogens with zero attached hydrogens (tertiary/aromatic N) is 1. The highest BCUT2D eigenvalue weighted by Crippen LogP contribution is 2.14. The van der Waals surface area contributed by atoms with Crippen LogP contribution in [0.5, 0.6) is 0 Å². The van der Waals surface area contributed by atoms with Crippen LogP contribution < -0.4 is 10.6 Å². The van der Waals surface area contributed by atoms with Gasteiger partial charge in [0.1, 0.15) is 11.6 Å². The predicted molar refractivity (Wildman–Crippen MR) is 92.1 cm³/mol. The van der Waals surface area contributed by atoms with Gasteiger partial charge in [0.05, 0.1) is 0 Å². The van der Waals surface area contributed by atoms with Crippen LogP contribution in [-0.4, -0.2) is 5.91 Å². The summed E-state index contributed by atoms with van der Waals surface area (Å²) in [5, 5.41) is 15.9. The highest BCUT2D eigenvalue weighted by atomic mass is 35.5. The lowest BCUT2D eigenvalue weighted by molar-refractivity contribution is -0.112. The number of carbonyl (C=O) groups is 1. The minimum absolute atomic E-state index is 0.0195. The van der Waals surface area contributed by atoms with Gasteiger partial charge < -0.3 is 10.6 Å². The second-order valence-corrected chi connectivity index (χ2v) is 5.51. The molecule has 0 fully saturated rings. The molecular formula is C17H13Cl2N3O. The average Bonchev–Trinajstić information content (AvgIpc) is 2.55. The molecule has 2 aromatic carbocycles. The molecule has 0 spiro atoms. The van der Waals surface area contributed by atoms with Crippen LogP contribution in [0.4, 0.5) is 5.69 Å². The van der Waals surface area contributed by atoms with Gasteiger partial charge in [-0.25, -0.2) is 0 Å². The fraction of sp³-hybridized carbons (Fsp3) is 0.0588. The van der Waals surface area contributed by atoms with Crippen molar-refractivity contribution < 1.29 is 4.79 Å². The monoisotopic (exact) mass is 345 g/mol. The Balaban J connectivity index is 1.95. The summed E-state index contributed by atoms with van der Waals surface area (Å²) in [6.07, 6.45) is 1.39. The van der Waals surface area contributed by atoms with E-state index in [2.05, 4.69) is 10.6 Å². The van der Waals surface area contributed by atoms with E-state index in [-0.39, 0.29) is 5.57 Å². The Labute approximate surface area is 144 Å². The summed E-state index contributed by atoms with van der Waals surface area (Å²) in [4.78, 5) is 12.0. The Bertz CT molecular complexity index is 747. The number of hydrogen-bond donors (Lipinski definition) is 2. The molecule has 116 valence electrons. The van der Waals surface area contributed by atoms with Gasteiger partial charge in [-0.1, -0.05) is 35.3 Å². The van der Waals surface area contributed by atoms with E-state index in [1.165, 1.54) is 6.20 Å². The summed E-state index contributed by atoms with van der Waals surface area (Å²) < 4.78 is 0. The summed E-state index contributed by atoms with van der Waals surface area (Å²) >= 11 is 11.6. The second kappa shape index (κ2) is 8.23. The second-order valence-electron chi connectivity index (χ2n) is 4.64. The van der Waals surface area contributed by atoms with E-state index in [0.717, 1.165) is 5.56 Å². The van der Waals surface area contributed by atoms with Crippen LogP contribution in [0.3, 0.4) is 0 Å². The van der Waals surface area contributed by atoms with Crippen LogP contribution in [0, 0.1) is 11.3 Å². The molecule has 0 saturated carbocycles. The zero-order chi connectivity index (χ0) is 16.7. The van der Waals surface area contributed by atoms with Crippen molar-refractivity contribution in [1.82, 2.24) is 5.32 Å². The first-order valence-corrected chi connectivity index (χ1v) is 7.49. The van der Waals surface area contributed by atoms with E-state index < -0.39 is 5.91 Å². The molecule has 2 N–H and O–H groups in total. The molecule has 6 heteroatoms. The van der Waals surface area contributed by atoms with Gasteiger partial charge in [0.15, 0.2) is 0 Å². The van der Waals surface area contributed by atoms with Crippen LogP contribution in [0.15, 0.2) is 60.3 Å². The first-order chi connectivity index (χ1) is 11.1. The lowest BCUT2D eigenvalue weighted by Crippen LogP contribution is -2.16. The smallest absolute Gasteiger partial charge is 0.267 e. The number of anilines is 1. The molecule has 1 amide bonds. The van der Waals surface area contributed by atoms with Crippen LogP contribution in [-0.2, 0) is 11.3 Å². The van der Waals surface area contributed by atoms with Crippen LogP contribution in [0.1, 0.15) is 5.56 Å². The van der Waals surface area contributed by atoms with Gasteiger partial charge in [-0.3, -0.25) is 4.79 Å². The van der Waals surface area contributed by atoms with Crippen LogP contribution in [0.2, 0.25) is 10.0 Å². The fourth-order valence-corrected chi connectivity index (χ4v) is 2.01. The molecule has 0 aliphatic rings. The molecule has 23 heavy (non-hydrogen) atoms. The zero-order valence-corrected chi connectivity index (χ0v) is 13.5. The van der Waals surface area contributed by atoms with E-state index in [1.54, 1.807) is 36.4 Å². The molecule has 4 nitrogen and oxygen atoms in total. The van der Waals surface area contributed by atoms with Gasteiger partial charge in [-0.15, -0.1) is 0 Å². The van der Waals surface area contributed by atoms with Crippen molar-refractivity contribution in [3.05, 3.63) is 75.9 Å². The largest absolute Gasteiger partial charge is 0.386 e. The first-order valence-electron chi connectivity index (χ1n) is 6.73. The summed E-state index contributed by atoms with van der Waals surface area (Å²) in [6, 6.07) is 15.8. The van der Waals surface area contributed by atoms with Gasteiger partial charge >= 0.3 is 0 Å². The Morgan fingerprint density at radius 1 is 1.04 bits per heavy atom. The lowest BCUT2D eigenvalue weighted by atomic mass is 10.2. The number of amides is 1. The van der Waals surface area contributed by atoms with Crippen molar-refractivity contribution in [3.63, 3.8) is 0 Å². The summed E-state index contributed by atoms with van der Waals surface area (Å²) in [7, 11) is 0. The quantitative estimate of drug-likeness (QED) is 0.632. The maximum atomic E-state index is 12.0. The molecule has 0 aliphatic heterocycles. The van der Waals surface area contributed by atoms with E-state index in [1.807, 2.05) is 18.2 Å². The number of nitrogens with one attached hydrogen (secondary N) is 2. The van der Waals surface area contributed by atoms with E-state index in [0.29, 0.717) is 22.3 Å². The third-order valence-corrected chi connectivity index (χ3v) is 3.44. The van der Waals surface area contributed by atoms with E-state index in [4.69, 9.17) is 28.5 Å². The Hall–Kier alpha value is -2.48. The van der Waals surface area contributed by atoms with Crippen molar-refractivity contribution in [2.45, 2.75) is 6.54 Å². The van der Waals surface area contributed by atoms with Gasteiger partial charge in [-0.05, 0) is 42.0 Å². The van der Waals surface area contributed by atoms with E-state index >= 15 is 0 Å². The van der Waals surface area contributed by atoms with E-state index in [9.17, 15) is 4.79 Å². The summed E-state index contributed by atoms with van der Waals surface area (Å²) in [5.74, 6) is -0.488. The summed E-state index contributed by atoms with van der Waals surface area (Å²) in [6.45, 7) is 0.483. The zero-order valence-electron chi connectivity index (χ0n) is 12.0. The number of rotatable bonds is 5. The van der Waals surface area contributed by atoms with Gasteiger partial charge in [-0.2, -0.15) is 5.26 Å². The highest BCUT2D eigenvalue weighted by molar-refractivity contribution is 6.30. The third kappa shape index (κ3) is 5.33. The molecule has 0 unspecified atom stereocenters. The first kappa shape index (κ1) is 16.9. The van der Waals surface area contributed by atoms with Gasteiger partial charge in [0.2, 0.25) is 0 Å². The Kier molecular flexibility index (Phi) is 6.04. The van der Waals surface area contributed by atoms with Crippen LogP contribution >= 0.6 is 23.2 Å². The standard InChI is InChI=1S/C17H13Cl2N3O/c18-14-3-1-12(2-4-14)10-21-11-13(9-20)17(23)22-16-7-5-15(19)6-8-16/h1-8,11,21H,10H2,(H,22,23)/b13-11-. The molecule has 0 aliphatic carbocycles. The third-order valence-electron chi connectivity index (χ3n) is 2.93. The number of nitriles is 1. The van der Waals surface area contributed by atoms with Crippen molar-refractivity contribution >= 4 is 34.8 Å². The molecule has 2 rings (SSSR count). The molecule has 0 bridgehead atoms. The summed E-state index contributed by atoms with van der Waals surface area (Å²) in [5.41, 5.74) is 1.54. The minimum atomic E-state index is -0.488. The van der Waals surface area contributed by atoms with Crippen LogP contribution in [0.25, 0.3) is 0 Å². The average molecular weight is 346 g/mol. The minimum Gasteiger partial charge on any atom is -0.386 e. The van der Waals surface area contributed by atoms with Crippen molar-refractivity contribution in [3.8, 4) is 6.07 Å². The molecule has 0 saturated heterocycles. The molecule has 2 aromatic rings. The highest BCUT2D eigenvalue weighted by Gasteiger charge is 2.09. The molecular weight excluding hydrogens is 333 g/mol. The Morgan fingerprint density at radius 3 is 2.17 bits per heavy atom. The number of hydrogen-bond acceptors (Lipinski definition) is 3. The van der Waals surface area contributed by atoms with Crippen molar-refractivity contribution in [2.24, 2.45) is 0 Å². The fourth-order valence-electron chi connectivity index (χ4n) is 1.75. The topological polar surface area (TPSA) is 64.9 Å². The van der Waals surface area contributed by atoms with Crippen molar-refractivity contribution in [2.75, 3.05) is 5.32 Å². The molecule has 0 radical (unpaired) electrons. The van der Waals surface area contributed by atoms with Crippen molar-refractivity contribution in [1.29, 1.82) is 5.26 Å². The predicted octanol–water partition coefficient (Wildman–Crippen LogP) is 4.13.